The minimum atomic E-state index is -4.64. The highest BCUT2D eigenvalue weighted by atomic mass is 19.4. The molecule has 244 valence electrons. The standard InChI is InChI=1S/C36H36F6N2O2/c1-33(2,3)22-16-18-34(19-17-22,23-4-10-27(11-5-23)45-31-14-8-25(43)20-29(31)35(37,38)39)24-6-12-28(13-7-24)46-32-15-9-26(44)21-30(32)36(40,41)42/h4-15,20-22H,16-19,43-44H2,1-3H3. The molecule has 0 spiro atoms. The van der Waals surface area contributed by atoms with Crippen molar-refractivity contribution in [3.8, 4) is 23.0 Å². The molecule has 4 N–H and O–H groups in total. The van der Waals surface area contributed by atoms with Gasteiger partial charge in [-0.1, -0.05) is 45.0 Å². The van der Waals surface area contributed by atoms with Crippen LogP contribution in [0.25, 0.3) is 0 Å². The van der Waals surface area contributed by atoms with Gasteiger partial charge in [0.05, 0.1) is 0 Å². The van der Waals surface area contributed by atoms with Crippen LogP contribution in [0.3, 0.4) is 0 Å². The van der Waals surface area contributed by atoms with Crippen LogP contribution in [0.5, 0.6) is 23.0 Å². The molecule has 0 aliphatic heterocycles. The quantitative estimate of drug-likeness (QED) is 0.162. The van der Waals surface area contributed by atoms with Gasteiger partial charge in [0.2, 0.25) is 0 Å². The van der Waals surface area contributed by atoms with E-state index in [0.717, 1.165) is 48.9 Å². The van der Waals surface area contributed by atoms with Gasteiger partial charge in [0.25, 0.3) is 0 Å². The second kappa shape index (κ2) is 12.1. The average Bonchev–Trinajstić information content (AvgIpc) is 2.98. The first-order chi connectivity index (χ1) is 21.5. The van der Waals surface area contributed by atoms with Crippen LogP contribution in [0.1, 0.15) is 68.7 Å². The van der Waals surface area contributed by atoms with Crippen LogP contribution >= 0.6 is 0 Å². The zero-order chi connectivity index (χ0) is 33.5. The normalized spacial score (nSPS) is 15.8. The number of alkyl halides is 6. The summed E-state index contributed by atoms with van der Waals surface area (Å²) in [4.78, 5) is 0. The van der Waals surface area contributed by atoms with Gasteiger partial charge in [-0.25, -0.2) is 0 Å². The molecule has 0 saturated heterocycles. The van der Waals surface area contributed by atoms with Crippen molar-refractivity contribution in [3.05, 3.63) is 107 Å². The van der Waals surface area contributed by atoms with E-state index in [1.807, 2.05) is 24.3 Å². The molecule has 0 radical (unpaired) electrons. The molecule has 1 aliphatic rings. The lowest BCUT2D eigenvalue weighted by molar-refractivity contribution is -0.139. The summed E-state index contributed by atoms with van der Waals surface area (Å²) in [5.41, 5.74) is 10.8. The SMILES string of the molecule is CC(C)(C)C1CCC(c2ccc(Oc3ccc(N)cc3C(F)(F)F)cc2)(c2ccc(Oc3ccc(N)cc3C(F)(F)F)cc2)CC1. The van der Waals surface area contributed by atoms with Crippen LogP contribution in [0.4, 0.5) is 37.7 Å². The predicted octanol–water partition coefficient (Wildman–Crippen LogP) is 11.0. The van der Waals surface area contributed by atoms with Crippen LogP contribution in [-0.2, 0) is 17.8 Å². The maximum Gasteiger partial charge on any atom is 0.420 e. The molecular formula is C36H36F6N2O2. The predicted molar refractivity (Wildman–Crippen MR) is 167 cm³/mol. The Bertz CT molecular complexity index is 1550. The monoisotopic (exact) mass is 642 g/mol. The lowest BCUT2D eigenvalue weighted by atomic mass is 9.59. The number of nitrogen functional groups attached to an aromatic ring is 2. The highest BCUT2D eigenvalue weighted by Gasteiger charge is 2.41. The van der Waals surface area contributed by atoms with Gasteiger partial charge >= 0.3 is 12.4 Å². The summed E-state index contributed by atoms with van der Waals surface area (Å²) in [5.74, 6) is 0.277. The van der Waals surface area contributed by atoms with Gasteiger partial charge in [0, 0.05) is 16.8 Å². The maximum atomic E-state index is 13.6. The number of ether oxygens (including phenoxy) is 2. The average molecular weight is 643 g/mol. The molecule has 0 amide bonds. The van der Waals surface area contributed by atoms with Gasteiger partial charge in [-0.15, -0.1) is 0 Å². The minimum absolute atomic E-state index is 0.0199. The van der Waals surface area contributed by atoms with Gasteiger partial charge in [-0.3, -0.25) is 0 Å². The molecule has 10 heteroatoms. The third kappa shape index (κ3) is 7.06. The molecule has 0 atom stereocenters. The lowest BCUT2D eigenvalue weighted by Gasteiger charge is -2.45. The Labute approximate surface area is 264 Å². The van der Waals surface area contributed by atoms with Crippen LogP contribution in [0.15, 0.2) is 84.9 Å². The fourth-order valence-electron chi connectivity index (χ4n) is 6.37. The fraction of sp³-hybridized carbons (Fsp3) is 0.333. The van der Waals surface area contributed by atoms with Crippen molar-refractivity contribution in [1.29, 1.82) is 0 Å². The molecule has 4 nitrogen and oxygen atoms in total. The first kappa shape index (κ1) is 33.0. The molecule has 46 heavy (non-hydrogen) atoms. The molecule has 4 aromatic rings. The maximum absolute atomic E-state index is 13.6. The van der Waals surface area contributed by atoms with Crippen LogP contribution < -0.4 is 20.9 Å². The van der Waals surface area contributed by atoms with Gasteiger partial charge in [0.1, 0.15) is 34.1 Å². The van der Waals surface area contributed by atoms with E-state index in [2.05, 4.69) is 20.8 Å². The fourth-order valence-corrected chi connectivity index (χ4v) is 6.37. The highest BCUT2D eigenvalue weighted by molar-refractivity contribution is 5.52. The largest absolute Gasteiger partial charge is 0.457 e. The van der Waals surface area contributed by atoms with E-state index in [1.54, 1.807) is 24.3 Å². The van der Waals surface area contributed by atoms with E-state index in [9.17, 15) is 26.3 Å². The van der Waals surface area contributed by atoms with Gasteiger partial charge in [-0.2, -0.15) is 26.3 Å². The van der Waals surface area contributed by atoms with Crippen molar-refractivity contribution in [2.24, 2.45) is 11.3 Å². The molecule has 4 aromatic carbocycles. The van der Waals surface area contributed by atoms with E-state index in [-0.39, 0.29) is 39.8 Å². The number of nitrogens with two attached hydrogens (primary N) is 2. The Morgan fingerprint density at radius 3 is 1.28 bits per heavy atom. The van der Waals surface area contributed by atoms with Gasteiger partial charge in [0.15, 0.2) is 0 Å². The number of hydrogen-bond acceptors (Lipinski definition) is 4. The van der Waals surface area contributed by atoms with Crippen molar-refractivity contribution in [1.82, 2.24) is 0 Å². The number of benzene rings is 4. The number of halogens is 6. The molecule has 0 unspecified atom stereocenters. The second-order valence-corrected chi connectivity index (χ2v) is 13.0. The number of anilines is 2. The first-order valence-electron chi connectivity index (χ1n) is 15.0. The molecule has 0 heterocycles. The van der Waals surface area contributed by atoms with Crippen molar-refractivity contribution < 1.29 is 35.8 Å². The van der Waals surface area contributed by atoms with Gasteiger partial charge < -0.3 is 20.9 Å². The molecular weight excluding hydrogens is 606 g/mol. The Kier molecular flexibility index (Phi) is 8.70. The summed E-state index contributed by atoms with van der Waals surface area (Å²) < 4.78 is 93.1. The van der Waals surface area contributed by atoms with Gasteiger partial charge in [-0.05, 0) is 109 Å². The molecule has 1 fully saturated rings. The van der Waals surface area contributed by atoms with E-state index >= 15 is 0 Å². The minimum Gasteiger partial charge on any atom is -0.457 e. The topological polar surface area (TPSA) is 70.5 Å². The van der Waals surface area contributed by atoms with Crippen LogP contribution in [-0.4, -0.2) is 0 Å². The molecule has 5 rings (SSSR count). The summed E-state index contributed by atoms with van der Waals surface area (Å²) in [6.07, 6.45) is -5.78. The van der Waals surface area contributed by atoms with E-state index in [1.165, 1.54) is 24.3 Å². The van der Waals surface area contributed by atoms with E-state index < -0.39 is 28.9 Å². The Morgan fingerprint density at radius 1 is 0.587 bits per heavy atom. The van der Waals surface area contributed by atoms with Crippen molar-refractivity contribution >= 4 is 11.4 Å². The summed E-state index contributed by atoms with van der Waals surface area (Å²) in [7, 11) is 0. The summed E-state index contributed by atoms with van der Waals surface area (Å²) in [5, 5.41) is 0. The Hall–Kier alpha value is -4.34. The molecule has 1 aliphatic carbocycles. The molecule has 0 bridgehead atoms. The smallest absolute Gasteiger partial charge is 0.420 e. The van der Waals surface area contributed by atoms with Crippen molar-refractivity contribution in [2.75, 3.05) is 11.5 Å². The number of rotatable bonds is 6. The zero-order valence-corrected chi connectivity index (χ0v) is 25.7. The highest BCUT2D eigenvalue weighted by Crippen LogP contribution is 2.51. The Balaban J connectivity index is 1.45. The first-order valence-corrected chi connectivity index (χ1v) is 15.0. The summed E-state index contributed by atoms with van der Waals surface area (Å²) >= 11 is 0. The van der Waals surface area contributed by atoms with Crippen molar-refractivity contribution in [2.45, 2.75) is 64.2 Å². The second-order valence-electron chi connectivity index (χ2n) is 13.0. The molecule has 1 saturated carbocycles. The summed E-state index contributed by atoms with van der Waals surface area (Å²) in [6, 6.07) is 20.9. The molecule has 0 aromatic heterocycles. The lowest BCUT2D eigenvalue weighted by Crippen LogP contribution is -2.36. The van der Waals surface area contributed by atoms with Crippen molar-refractivity contribution in [3.63, 3.8) is 0 Å². The third-order valence-electron chi connectivity index (χ3n) is 8.95. The van der Waals surface area contributed by atoms with Crippen LogP contribution in [0, 0.1) is 11.3 Å². The number of hydrogen-bond donors (Lipinski definition) is 2. The third-order valence-corrected chi connectivity index (χ3v) is 8.95. The Morgan fingerprint density at radius 2 is 0.957 bits per heavy atom. The van der Waals surface area contributed by atoms with Crippen LogP contribution in [0.2, 0.25) is 0 Å². The zero-order valence-electron chi connectivity index (χ0n) is 25.7. The summed E-state index contributed by atoms with van der Waals surface area (Å²) in [6.45, 7) is 6.67. The van der Waals surface area contributed by atoms with E-state index in [0.29, 0.717) is 5.92 Å². The van der Waals surface area contributed by atoms with E-state index in [4.69, 9.17) is 20.9 Å².